The second kappa shape index (κ2) is 6.74. The Morgan fingerprint density at radius 3 is 2.65 bits per heavy atom. The van der Waals surface area contributed by atoms with Crippen LogP contribution in [0.3, 0.4) is 0 Å². The SMILES string of the molecule is CC(C)CC(Br)CNC(=O)c1ccccc1F. The van der Waals surface area contributed by atoms with Gasteiger partial charge in [0.25, 0.3) is 5.91 Å². The summed E-state index contributed by atoms with van der Waals surface area (Å²) in [6.07, 6.45) is 0.970. The number of alkyl halides is 1. The lowest BCUT2D eigenvalue weighted by molar-refractivity contribution is 0.0949. The summed E-state index contributed by atoms with van der Waals surface area (Å²) in [5.41, 5.74) is 0.0942. The summed E-state index contributed by atoms with van der Waals surface area (Å²) < 4.78 is 13.3. The second-order valence-corrected chi connectivity index (χ2v) is 5.71. The predicted molar refractivity (Wildman–Crippen MR) is 70.9 cm³/mol. The van der Waals surface area contributed by atoms with E-state index < -0.39 is 5.82 Å². The molecule has 0 aliphatic heterocycles. The number of halogens is 2. The van der Waals surface area contributed by atoms with Crippen molar-refractivity contribution in [1.82, 2.24) is 5.32 Å². The highest BCUT2D eigenvalue weighted by Gasteiger charge is 2.12. The average Bonchev–Trinajstić information content (AvgIpc) is 2.25. The van der Waals surface area contributed by atoms with Gasteiger partial charge in [-0.05, 0) is 24.5 Å². The normalized spacial score (nSPS) is 12.5. The number of amides is 1. The Labute approximate surface area is 110 Å². The number of rotatable bonds is 5. The Kier molecular flexibility index (Phi) is 5.62. The second-order valence-electron chi connectivity index (χ2n) is 4.42. The van der Waals surface area contributed by atoms with Crippen molar-refractivity contribution < 1.29 is 9.18 Å². The monoisotopic (exact) mass is 301 g/mol. The summed E-state index contributed by atoms with van der Waals surface area (Å²) in [5.74, 6) is -0.291. The molecule has 4 heteroatoms. The molecule has 0 aliphatic rings. The molecule has 1 amide bonds. The molecule has 0 saturated carbocycles. The lowest BCUT2D eigenvalue weighted by Gasteiger charge is -2.13. The summed E-state index contributed by atoms with van der Waals surface area (Å²) >= 11 is 3.49. The fourth-order valence-electron chi connectivity index (χ4n) is 1.54. The van der Waals surface area contributed by atoms with E-state index in [-0.39, 0.29) is 16.3 Å². The molecule has 0 saturated heterocycles. The topological polar surface area (TPSA) is 29.1 Å². The Morgan fingerprint density at radius 2 is 2.06 bits per heavy atom. The minimum Gasteiger partial charge on any atom is -0.351 e. The molecule has 1 N–H and O–H groups in total. The lowest BCUT2D eigenvalue weighted by Crippen LogP contribution is -2.30. The molecule has 17 heavy (non-hydrogen) atoms. The molecule has 0 aromatic heterocycles. The van der Waals surface area contributed by atoms with E-state index in [0.717, 1.165) is 6.42 Å². The van der Waals surface area contributed by atoms with Gasteiger partial charge in [-0.2, -0.15) is 0 Å². The minimum absolute atomic E-state index is 0.0942. The molecule has 1 unspecified atom stereocenters. The fourth-order valence-corrected chi connectivity index (χ4v) is 2.45. The number of carbonyl (C=O) groups is 1. The molecule has 1 aromatic rings. The van der Waals surface area contributed by atoms with E-state index >= 15 is 0 Å². The Bertz CT molecular complexity index is 381. The van der Waals surface area contributed by atoms with Gasteiger partial charge in [-0.15, -0.1) is 0 Å². The quantitative estimate of drug-likeness (QED) is 0.830. The molecule has 0 heterocycles. The molecule has 1 atom stereocenters. The van der Waals surface area contributed by atoms with Crippen LogP contribution in [0.1, 0.15) is 30.6 Å². The van der Waals surface area contributed by atoms with Crippen molar-refractivity contribution >= 4 is 21.8 Å². The first-order valence-corrected chi connectivity index (χ1v) is 6.59. The van der Waals surface area contributed by atoms with E-state index in [9.17, 15) is 9.18 Å². The van der Waals surface area contributed by atoms with Crippen LogP contribution in [0.15, 0.2) is 24.3 Å². The first-order chi connectivity index (χ1) is 8.00. The van der Waals surface area contributed by atoms with Crippen LogP contribution in [-0.2, 0) is 0 Å². The summed E-state index contributed by atoms with van der Waals surface area (Å²) in [4.78, 5) is 11.9. The molecule has 0 spiro atoms. The highest BCUT2D eigenvalue weighted by atomic mass is 79.9. The molecular weight excluding hydrogens is 285 g/mol. The number of hydrogen-bond acceptors (Lipinski definition) is 1. The Hall–Kier alpha value is -0.900. The number of nitrogens with one attached hydrogen (secondary N) is 1. The van der Waals surface area contributed by atoms with Crippen molar-refractivity contribution in [2.75, 3.05) is 6.54 Å². The van der Waals surface area contributed by atoms with Crippen molar-refractivity contribution in [2.24, 2.45) is 5.92 Å². The van der Waals surface area contributed by atoms with Crippen molar-refractivity contribution in [3.8, 4) is 0 Å². The van der Waals surface area contributed by atoms with Gasteiger partial charge < -0.3 is 5.32 Å². The van der Waals surface area contributed by atoms with Crippen LogP contribution in [0, 0.1) is 11.7 Å². The molecule has 0 bridgehead atoms. The van der Waals surface area contributed by atoms with Gasteiger partial charge in [0, 0.05) is 11.4 Å². The number of hydrogen-bond donors (Lipinski definition) is 1. The Morgan fingerprint density at radius 1 is 1.41 bits per heavy atom. The highest BCUT2D eigenvalue weighted by molar-refractivity contribution is 9.09. The maximum Gasteiger partial charge on any atom is 0.254 e. The molecule has 0 radical (unpaired) electrons. The van der Waals surface area contributed by atoms with E-state index in [1.54, 1.807) is 12.1 Å². The van der Waals surface area contributed by atoms with Crippen LogP contribution >= 0.6 is 15.9 Å². The van der Waals surface area contributed by atoms with Crippen LogP contribution in [0.2, 0.25) is 0 Å². The van der Waals surface area contributed by atoms with Gasteiger partial charge in [-0.1, -0.05) is 41.9 Å². The van der Waals surface area contributed by atoms with E-state index in [1.165, 1.54) is 12.1 Å². The molecule has 1 aromatic carbocycles. The zero-order valence-electron chi connectivity index (χ0n) is 10.0. The van der Waals surface area contributed by atoms with Gasteiger partial charge in [-0.25, -0.2) is 4.39 Å². The summed E-state index contributed by atoms with van der Waals surface area (Å²) in [6.45, 7) is 4.74. The van der Waals surface area contributed by atoms with Crippen LogP contribution < -0.4 is 5.32 Å². The summed E-state index contributed by atoms with van der Waals surface area (Å²) in [5, 5.41) is 2.72. The van der Waals surface area contributed by atoms with Crippen molar-refractivity contribution in [3.63, 3.8) is 0 Å². The molecule has 94 valence electrons. The summed E-state index contributed by atoms with van der Waals surface area (Å²) in [7, 11) is 0. The number of benzene rings is 1. The number of carbonyl (C=O) groups excluding carboxylic acids is 1. The molecular formula is C13H17BrFNO. The van der Waals surface area contributed by atoms with Crippen LogP contribution in [-0.4, -0.2) is 17.3 Å². The van der Waals surface area contributed by atoms with Crippen molar-refractivity contribution in [2.45, 2.75) is 25.1 Å². The van der Waals surface area contributed by atoms with E-state index in [0.29, 0.717) is 12.5 Å². The van der Waals surface area contributed by atoms with E-state index in [1.807, 2.05) is 0 Å². The van der Waals surface area contributed by atoms with Gasteiger partial charge in [0.1, 0.15) is 5.82 Å². The van der Waals surface area contributed by atoms with Crippen LogP contribution in [0.4, 0.5) is 4.39 Å². The predicted octanol–water partition coefficient (Wildman–Crippen LogP) is 3.37. The first kappa shape index (κ1) is 14.2. The third-order valence-electron chi connectivity index (χ3n) is 2.33. The highest BCUT2D eigenvalue weighted by Crippen LogP contribution is 2.12. The fraction of sp³-hybridized carbons (Fsp3) is 0.462. The maximum absolute atomic E-state index is 13.3. The smallest absolute Gasteiger partial charge is 0.254 e. The molecule has 0 aliphatic carbocycles. The van der Waals surface area contributed by atoms with E-state index in [2.05, 4.69) is 35.1 Å². The molecule has 1 rings (SSSR count). The standard InChI is InChI=1S/C13H17BrFNO/c1-9(2)7-10(14)8-16-13(17)11-5-3-4-6-12(11)15/h3-6,9-10H,7-8H2,1-2H3,(H,16,17). The van der Waals surface area contributed by atoms with Gasteiger partial charge in [0.2, 0.25) is 0 Å². The van der Waals surface area contributed by atoms with E-state index in [4.69, 9.17) is 0 Å². The molecule has 2 nitrogen and oxygen atoms in total. The maximum atomic E-state index is 13.3. The van der Waals surface area contributed by atoms with Crippen LogP contribution in [0.25, 0.3) is 0 Å². The largest absolute Gasteiger partial charge is 0.351 e. The third kappa shape index (κ3) is 4.86. The zero-order valence-corrected chi connectivity index (χ0v) is 11.6. The first-order valence-electron chi connectivity index (χ1n) is 5.67. The lowest BCUT2D eigenvalue weighted by atomic mass is 10.1. The van der Waals surface area contributed by atoms with Gasteiger partial charge in [0.15, 0.2) is 0 Å². The van der Waals surface area contributed by atoms with Crippen molar-refractivity contribution in [3.05, 3.63) is 35.6 Å². The van der Waals surface area contributed by atoms with Gasteiger partial charge in [-0.3, -0.25) is 4.79 Å². The minimum atomic E-state index is -0.486. The van der Waals surface area contributed by atoms with Crippen molar-refractivity contribution in [1.29, 1.82) is 0 Å². The van der Waals surface area contributed by atoms with Crippen LogP contribution in [0.5, 0.6) is 0 Å². The third-order valence-corrected chi connectivity index (χ3v) is 3.03. The van der Waals surface area contributed by atoms with Gasteiger partial charge >= 0.3 is 0 Å². The summed E-state index contributed by atoms with van der Waals surface area (Å²) in [6, 6.07) is 5.99. The average molecular weight is 302 g/mol. The van der Waals surface area contributed by atoms with Gasteiger partial charge in [0.05, 0.1) is 5.56 Å². The zero-order chi connectivity index (χ0) is 12.8. The molecule has 0 fully saturated rings. The Balaban J connectivity index is 2.48.